The smallest absolute Gasteiger partial charge is 0.245 e. The molecule has 2 aromatic carbocycles. The highest BCUT2D eigenvalue weighted by Crippen LogP contribution is 2.41. The lowest BCUT2D eigenvalue weighted by molar-refractivity contribution is -0.116. The summed E-state index contributed by atoms with van der Waals surface area (Å²) < 4.78 is 7.30. The minimum atomic E-state index is -0.646. The summed E-state index contributed by atoms with van der Waals surface area (Å²) in [6.07, 6.45) is 0. The van der Waals surface area contributed by atoms with Gasteiger partial charge in [0.1, 0.15) is 17.5 Å². The normalized spacial score (nSPS) is 16.6. The Labute approximate surface area is 142 Å². The molecular formula is C14H9Br2ClN2O2. The highest BCUT2D eigenvalue weighted by Gasteiger charge is 2.28. The fourth-order valence-electron chi connectivity index (χ4n) is 2.04. The molecule has 1 amide bonds. The van der Waals surface area contributed by atoms with Crippen LogP contribution in [0.5, 0.6) is 11.5 Å². The maximum absolute atomic E-state index is 11.6. The molecule has 0 saturated heterocycles. The maximum Gasteiger partial charge on any atom is 0.245 e. The van der Waals surface area contributed by atoms with Crippen LogP contribution in [0.15, 0.2) is 39.3 Å². The van der Waals surface area contributed by atoms with Crippen LogP contribution in [-0.2, 0) is 4.79 Å². The second-order valence-corrected chi connectivity index (χ2v) is 6.66. The molecule has 0 radical (unpaired) electrons. The van der Waals surface area contributed by atoms with Gasteiger partial charge >= 0.3 is 0 Å². The van der Waals surface area contributed by atoms with Crippen molar-refractivity contribution in [3.8, 4) is 11.5 Å². The molecule has 0 aliphatic carbocycles. The number of hydrogen-bond acceptors (Lipinski definition) is 3. The number of fused-ring (bicyclic) bond motifs is 1. The largest absolute Gasteiger partial charge is 0.455 e. The number of ether oxygens (including phenoxy) is 1. The van der Waals surface area contributed by atoms with Crippen molar-refractivity contribution in [2.45, 2.75) is 6.04 Å². The van der Waals surface area contributed by atoms with Crippen LogP contribution >= 0.6 is 43.5 Å². The van der Waals surface area contributed by atoms with Crippen molar-refractivity contribution in [1.82, 2.24) is 0 Å². The number of benzene rings is 2. The quantitative estimate of drug-likeness (QED) is 0.729. The van der Waals surface area contributed by atoms with Crippen molar-refractivity contribution in [1.29, 1.82) is 0 Å². The van der Waals surface area contributed by atoms with Gasteiger partial charge in [0.25, 0.3) is 0 Å². The molecule has 1 aliphatic heterocycles. The number of amides is 1. The summed E-state index contributed by atoms with van der Waals surface area (Å²) in [5.74, 6) is 0.974. The molecule has 3 N–H and O–H groups in total. The monoisotopic (exact) mass is 430 g/mol. The minimum absolute atomic E-state index is 0.221. The molecule has 0 aromatic heterocycles. The first-order valence-corrected chi connectivity index (χ1v) is 7.95. The molecule has 108 valence electrons. The lowest BCUT2D eigenvalue weighted by atomic mass is 10.1. The summed E-state index contributed by atoms with van der Waals surface area (Å²) in [6.45, 7) is 0. The molecule has 0 fully saturated rings. The summed E-state index contributed by atoms with van der Waals surface area (Å²) >= 11 is 12.7. The first kappa shape index (κ1) is 14.8. The SMILES string of the molecule is NC1C(=O)Nc2cc(Oc3ccc(Cl)cc3Br)c(Br)cc21. The van der Waals surface area contributed by atoms with Gasteiger partial charge in [0, 0.05) is 22.3 Å². The average molecular weight is 432 g/mol. The molecule has 0 spiro atoms. The van der Waals surface area contributed by atoms with E-state index in [0.29, 0.717) is 22.2 Å². The Morgan fingerprint density at radius 1 is 1.14 bits per heavy atom. The van der Waals surface area contributed by atoms with Crippen LogP contribution in [0.1, 0.15) is 11.6 Å². The van der Waals surface area contributed by atoms with Crippen molar-refractivity contribution < 1.29 is 9.53 Å². The third-order valence-corrected chi connectivity index (χ3v) is 4.57. The fourth-order valence-corrected chi connectivity index (χ4v) is 3.25. The highest BCUT2D eigenvalue weighted by atomic mass is 79.9. The Kier molecular flexibility index (Phi) is 3.96. The number of carbonyl (C=O) groups excluding carboxylic acids is 1. The van der Waals surface area contributed by atoms with Crippen molar-refractivity contribution in [2.24, 2.45) is 5.73 Å². The van der Waals surface area contributed by atoms with Crippen molar-refractivity contribution in [3.05, 3.63) is 49.9 Å². The van der Waals surface area contributed by atoms with Gasteiger partial charge in [-0.3, -0.25) is 4.79 Å². The Hall–Kier alpha value is -1.08. The van der Waals surface area contributed by atoms with Crippen LogP contribution in [0.3, 0.4) is 0 Å². The molecule has 1 unspecified atom stereocenters. The molecule has 4 nitrogen and oxygen atoms in total. The Morgan fingerprint density at radius 3 is 2.57 bits per heavy atom. The van der Waals surface area contributed by atoms with Gasteiger partial charge in [-0.25, -0.2) is 0 Å². The van der Waals surface area contributed by atoms with E-state index in [-0.39, 0.29) is 5.91 Å². The first-order chi connectivity index (χ1) is 9.95. The summed E-state index contributed by atoms with van der Waals surface area (Å²) in [5, 5.41) is 3.34. The van der Waals surface area contributed by atoms with Crippen molar-refractivity contribution >= 4 is 55.1 Å². The van der Waals surface area contributed by atoms with E-state index in [2.05, 4.69) is 37.2 Å². The molecule has 7 heteroatoms. The van der Waals surface area contributed by atoms with E-state index in [1.165, 1.54) is 0 Å². The van der Waals surface area contributed by atoms with Gasteiger partial charge in [-0.1, -0.05) is 11.6 Å². The van der Waals surface area contributed by atoms with E-state index in [1.807, 2.05) is 0 Å². The molecule has 0 bridgehead atoms. The van der Waals surface area contributed by atoms with Gasteiger partial charge < -0.3 is 15.8 Å². The topological polar surface area (TPSA) is 64.4 Å². The highest BCUT2D eigenvalue weighted by molar-refractivity contribution is 9.11. The van der Waals surface area contributed by atoms with Crippen LogP contribution in [-0.4, -0.2) is 5.91 Å². The molecule has 1 heterocycles. The van der Waals surface area contributed by atoms with Crippen molar-refractivity contribution in [3.63, 3.8) is 0 Å². The van der Waals surface area contributed by atoms with Gasteiger partial charge in [0.15, 0.2) is 0 Å². The van der Waals surface area contributed by atoms with E-state index >= 15 is 0 Å². The summed E-state index contributed by atoms with van der Waals surface area (Å²) in [4.78, 5) is 11.6. The Morgan fingerprint density at radius 2 is 1.86 bits per heavy atom. The van der Waals surface area contributed by atoms with Crippen LogP contribution in [0.2, 0.25) is 5.02 Å². The zero-order chi connectivity index (χ0) is 15.1. The fraction of sp³-hybridized carbons (Fsp3) is 0.0714. The van der Waals surface area contributed by atoms with Gasteiger partial charge in [-0.05, 0) is 56.1 Å². The lowest BCUT2D eigenvalue weighted by Gasteiger charge is -2.12. The van der Waals surface area contributed by atoms with E-state index in [1.54, 1.807) is 30.3 Å². The number of nitrogens with one attached hydrogen (secondary N) is 1. The number of halogens is 3. The predicted molar refractivity (Wildman–Crippen MR) is 88.9 cm³/mol. The van der Waals surface area contributed by atoms with Crippen LogP contribution < -0.4 is 15.8 Å². The summed E-state index contributed by atoms with van der Waals surface area (Å²) in [5.41, 5.74) is 7.21. The van der Waals surface area contributed by atoms with E-state index in [9.17, 15) is 4.79 Å². The van der Waals surface area contributed by atoms with E-state index in [0.717, 1.165) is 14.5 Å². The molecule has 0 saturated carbocycles. The standard InChI is InChI=1S/C14H9Br2ClN2O2/c15-8-3-6(17)1-2-11(8)21-12-5-10-7(4-9(12)16)13(18)14(20)19-10/h1-5,13H,18H2,(H,19,20). The van der Waals surface area contributed by atoms with Crippen LogP contribution in [0, 0.1) is 0 Å². The molecule has 1 aliphatic rings. The zero-order valence-electron chi connectivity index (χ0n) is 10.5. The Balaban J connectivity index is 1.97. The number of anilines is 1. The first-order valence-electron chi connectivity index (χ1n) is 5.98. The third-order valence-electron chi connectivity index (χ3n) is 3.09. The van der Waals surface area contributed by atoms with Crippen molar-refractivity contribution in [2.75, 3.05) is 5.32 Å². The number of nitrogens with two attached hydrogens (primary N) is 1. The number of hydrogen-bond donors (Lipinski definition) is 2. The van der Waals surface area contributed by atoms with Crippen LogP contribution in [0.4, 0.5) is 5.69 Å². The lowest BCUT2D eigenvalue weighted by Crippen LogP contribution is -2.19. The second-order valence-electron chi connectivity index (χ2n) is 4.51. The van der Waals surface area contributed by atoms with Gasteiger partial charge in [0.2, 0.25) is 5.91 Å². The molecule has 21 heavy (non-hydrogen) atoms. The van der Waals surface area contributed by atoms with E-state index < -0.39 is 6.04 Å². The van der Waals surface area contributed by atoms with Crippen LogP contribution in [0.25, 0.3) is 0 Å². The van der Waals surface area contributed by atoms with E-state index in [4.69, 9.17) is 22.1 Å². The molecular weight excluding hydrogens is 423 g/mol. The summed E-state index contributed by atoms with van der Waals surface area (Å²) in [6, 6.07) is 8.13. The van der Waals surface area contributed by atoms with Gasteiger partial charge in [-0.2, -0.15) is 0 Å². The number of rotatable bonds is 2. The van der Waals surface area contributed by atoms with Gasteiger partial charge in [-0.15, -0.1) is 0 Å². The zero-order valence-corrected chi connectivity index (χ0v) is 14.4. The molecule has 2 aromatic rings. The number of carbonyl (C=O) groups is 1. The molecule has 1 atom stereocenters. The third kappa shape index (κ3) is 2.81. The summed E-state index contributed by atoms with van der Waals surface area (Å²) in [7, 11) is 0. The minimum Gasteiger partial charge on any atom is -0.455 e. The van der Waals surface area contributed by atoms with Gasteiger partial charge in [0.05, 0.1) is 8.95 Å². The predicted octanol–water partition coefficient (Wildman–Crippen LogP) is 4.61. The molecule has 3 rings (SSSR count). The maximum atomic E-state index is 11.6. The average Bonchev–Trinajstić information content (AvgIpc) is 2.69. The second kappa shape index (κ2) is 5.61. The Bertz CT molecular complexity index is 752.